The van der Waals surface area contributed by atoms with Gasteiger partial charge in [-0.1, -0.05) is 20.3 Å². The van der Waals surface area contributed by atoms with E-state index in [1.807, 2.05) is 20.8 Å². The third kappa shape index (κ3) is 4.38. The lowest BCUT2D eigenvalue weighted by atomic mass is 10.1. The van der Waals surface area contributed by atoms with Crippen LogP contribution in [0.4, 0.5) is 4.79 Å². The minimum atomic E-state index is -0.982. The Morgan fingerprint density at radius 2 is 2.16 bits per heavy atom. The molecule has 0 aliphatic carbocycles. The molecule has 1 heterocycles. The van der Waals surface area contributed by atoms with E-state index in [1.165, 1.54) is 0 Å². The summed E-state index contributed by atoms with van der Waals surface area (Å²) in [5, 5.41) is 11.7. The van der Waals surface area contributed by atoms with Gasteiger partial charge in [0.05, 0.1) is 18.8 Å². The van der Waals surface area contributed by atoms with E-state index >= 15 is 0 Å². The monoisotopic (exact) mass is 272 g/mol. The highest BCUT2D eigenvalue weighted by Crippen LogP contribution is 2.15. The largest absolute Gasteiger partial charge is 0.480 e. The Morgan fingerprint density at radius 1 is 1.47 bits per heavy atom. The topological polar surface area (TPSA) is 78.9 Å². The third-order valence-electron chi connectivity index (χ3n) is 3.37. The maximum Gasteiger partial charge on any atom is 0.326 e. The number of aliphatic carboxylic acids is 1. The van der Waals surface area contributed by atoms with Crippen LogP contribution in [0, 0.1) is 0 Å². The summed E-state index contributed by atoms with van der Waals surface area (Å²) in [6.07, 6.45) is 1.94. The zero-order valence-corrected chi connectivity index (χ0v) is 11.9. The van der Waals surface area contributed by atoms with E-state index in [0.29, 0.717) is 26.0 Å². The molecule has 2 amide bonds. The fourth-order valence-corrected chi connectivity index (χ4v) is 2.21. The summed E-state index contributed by atoms with van der Waals surface area (Å²) in [5.41, 5.74) is 0. The van der Waals surface area contributed by atoms with Crippen molar-refractivity contribution >= 4 is 12.0 Å². The van der Waals surface area contributed by atoms with Crippen molar-refractivity contribution in [2.24, 2.45) is 0 Å². The molecular formula is C13H24N2O4. The zero-order valence-electron chi connectivity index (χ0n) is 11.9. The molecule has 0 aromatic rings. The zero-order chi connectivity index (χ0) is 14.4. The van der Waals surface area contributed by atoms with E-state index in [0.717, 1.165) is 6.42 Å². The molecule has 2 N–H and O–H groups in total. The molecule has 0 spiro atoms. The summed E-state index contributed by atoms with van der Waals surface area (Å²) in [6, 6.07) is -1.09. The summed E-state index contributed by atoms with van der Waals surface area (Å²) in [7, 11) is 0. The van der Waals surface area contributed by atoms with Crippen molar-refractivity contribution in [1.29, 1.82) is 0 Å². The first-order valence-corrected chi connectivity index (χ1v) is 6.91. The number of amides is 2. The number of hydrogen-bond acceptors (Lipinski definition) is 3. The van der Waals surface area contributed by atoms with Crippen LogP contribution in [-0.2, 0) is 9.53 Å². The number of hydrogen-bond donors (Lipinski definition) is 2. The molecule has 6 heteroatoms. The van der Waals surface area contributed by atoms with Crippen molar-refractivity contribution in [1.82, 2.24) is 10.2 Å². The second kappa shape index (κ2) is 7.33. The Balaban J connectivity index is 2.65. The van der Waals surface area contributed by atoms with E-state index in [9.17, 15) is 9.59 Å². The maximum absolute atomic E-state index is 12.2. The molecular weight excluding hydrogens is 248 g/mol. The average molecular weight is 272 g/mol. The first-order valence-electron chi connectivity index (χ1n) is 6.91. The number of carboxylic acid groups (broad SMARTS) is 1. The molecule has 1 aliphatic heterocycles. The molecule has 1 saturated heterocycles. The predicted molar refractivity (Wildman–Crippen MR) is 71.1 cm³/mol. The molecule has 1 aliphatic rings. The lowest BCUT2D eigenvalue weighted by molar-refractivity contribution is -0.139. The first kappa shape index (κ1) is 15.8. The molecule has 3 unspecified atom stereocenters. The molecule has 3 atom stereocenters. The number of carbonyl (C=O) groups is 2. The van der Waals surface area contributed by atoms with Crippen LogP contribution in [0.1, 0.15) is 40.0 Å². The number of ether oxygens (including phenoxy) is 1. The van der Waals surface area contributed by atoms with Crippen molar-refractivity contribution < 1.29 is 19.4 Å². The Labute approximate surface area is 114 Å². The lowest BCUT2D eigenvalue weighted by Crippen LogP contribution is -2.57. The SMILES string of the molecule is CCCC(NC(=O)N1CC(C)OCC1CC)C(=O)O. The fourth-order valence-electron chi connectivity index (χ4n) is 2.21. The van der Waals surface area contributed by atoms with Crippen molar-refractivity contribution in [2.75, 3.05) is 13.2 Å². The van der Waals surface area contributed by atoms with Crippen LogP contribution in [-0.4, -0.2) is 53.3 Å². The van der Waals surface area contributed by atoms with Gasteiger partial charge in [0.2, 0.25) is 0 Å². The second-order valence-corrected chi connectivity index (χ2v) is 4.99. The number of nitrogens with one attached hydrogen (secondary N) is 1. The summed E-state index contributed by atoms with van der Waals surface area (Å²) in [6.45, 7) is 6.81. The van der Waals surface area contributed by atoms with Gasteiger partial charge in [0.25, 0.3) is 0 Å². The third-order valence-corrected chi connectivity index (χ3v) is 3.37. The van der Waals surface area contributed by atoms with Crippen LogP contribution in [0.3, 0.4) is 0 Å². The van der Waals surface area contributed by atoms with Crippen molar-refractivity contribution in [3.05, 3.63) is 0 Å². The van der Waals surface area contributed by atoms with Crippen LogP contribution in [0.5, 0.6) is 0 Å². The molecule has 110 valence electrons. The van der Waals surface area contributed by atoms with Crippen molar-refractivity contribution in [3.8, 4) is 0 Å². The molecule has 0 bridgehead atoms. The van der Waals surface area contributed by atoms with Gasteiger partial charge in [0.15, 0.2) is 0 Å². The number of morpholine rings is 1. The molecule has 0 radical (unpaired) electrons. The van der Waals surface area contributed by atoms with Gasteiger partial charge < -0.3 is 20.1 Å². The molecule has 1 rings (SSSR count). The number of rotatable bonds is 5. The van der Waals surface area contributed by atoms with Crippen LogP contribution in [0.25, 0.3) is 0 Å². The Bertz CT molecular complexity index is 322. The summed E-state index contributed by atoms with van der Waals surface area (Å²) in [5.74, 6) is -0.982. The number of urea groups is 1. The summed E-state index contributed by atoms with van der Waals surface area (Å²) >= 11 is 0. The smallest absolute Gasteiger partial charge is 0.326 e. The van der Waals surface area contributed by atoms with Crippen molar-refractivity contribution in [2.45, 2.75) is 58.2 Å². The van der Waals surface area contributed by atoms with E-state index < -0.39 is 12.0 Å². The molecule has 1 fully saturated rings. The van der Waals surface area contributed by atoms with Crippen LogP contribution in [0.15, 0.2) is 0 Å². The summed E-state index contributed by atoms with van der Waals surface area (Å²) in [4.78, 5) is 25.0. The minimum Gasteiger partial charge on any atom is -0.480 e. The quantitative estimate of drug-likeness (QED) is 0.794. The second-order valence-electron chi connectivity index (χ2n) is 4.99. The lowest BCUT2D eigenvalue weighted by Gasteiger charge is -2.38. The van der Waals surface area contributed by atoms with Gasteiger partial charge in [-0.2, -0.15) is 0 Å². The standard InChI is InChI=1S/C13H24N2O4/c1-4-6-11(12(16)17)14-13(18)15-7-9(3)19-8-10(15)5-2/h9-11H,4-8H2,1-3H3,(H,14,18)(H,16,17). The Morgan fingerprint density at radius 3 is 2.68 bits per heavy atom. The average Bonchev–Trinajstić information content (AvgIpc) is 2.37. The van der Waals surface area contributed by atoms with Gasteiger partial charge in [0, 0.05) is 6.54 Å². The first-order chi connectivity index (χ1) is 8.99. The van der Waals surface area contributed by atoms with Crippen LogP contribution < -0.4 is 5.32 Å². The minimum absolute atomic E-state index is 0.0111. The van der Waals surface area contributed by atoms with Gasteiger partial charge in [-0.25, -0.2) is 9.59 Å². The fraction of sp³-hybridized carbons (Fsp3) is 0.846. The number of nitrogens with zero attached hydrogens (tertiary/aromatic N) is 1. The number of carbonyl (C=O) groups excluding carboxylic acids is 1. The van der Waals surface area contributed by atoms with E-state index in [-0.39, 0.29) is 18.2 Å². The summed E-state index contributed by atoms with van der Waals surface area (Å²) < 4.78 is 5.52. The molecule has 0 aromatic heterocycles. The van der Waals surface area contributed by atoms with E-state index in [4.69, 9.17) is 9.84 Å². The molecule has 6 nitrogen and oxygen atoms in total. The number of carboxylic acids is 1. The van der Waals surface area contributed by atoms with E-state index in [1.54, 1.807) is 4.90 Å². The van der Waals surface area contributed by atoms with Gasteiger partial charge >= 0.3 is 12.0 Å². The Hall–Kier alpha value is -1.30. The highest BCUT2D eigenvalue weighted by atomic mass is 16.5. The van der Waals surface area contributed by atoms with Crippen LogP contribution in [0.2, 0.25) is 0 Å². The normalized spacial score (nSPS) is 24.9. The van der Waals surface area contributed by atoms with Gasteiger partial charge in [-0.05, 0) is 19.8 Å². The van der Waals surface area contributed by atoms with Gasteiger partial charge in [0.1, 0.15) is 6.04 Å². The maximum atomic E-state index is 12.2. The molecule has 0 saturated carbocycles. The van der Waals surface area contributed by atoms with Gasteiger partial charge in [-0.3, -0.25) is 0 Å². The molecule has 19 heavy (non-hydrogen) atoms. The predicted octanol–water partition coefficient (Wildman–Crippen LogP) is 1.45. The Kier molecular flexibility index (Phi) is 6.08. The van der Waals surface area contributed by atoms with Crippen molar-refractivity contribution in [3.63, 3.8) is 0 Å². The van der Waals surface area contributed by atoms with Crippen LogP contribution >= 0.6 is 0 Å². The van der Waals surface area contributed by atoms with E-state index in [2.05, 4.69) is 5.32 Å². The van der Waals surface area contributed by atoms with Gasteiger partial charge in [-0.15, -0.1) is 0 Å². The molecule has 0 aromatic carbocycles. The highest BCUT2D eigenvalue weighted by molar-refractivity contribution is 5.82. The highest BCUT2D eigenvalue weighted by Gasteiger charge is 2.31.